The second-order valence-corrected chi connectivity index (χ2v) is 7.07. The van der Waals surface area contributed by atoms with Gasteiger partial charge >= 0.3 is 5.88 Å². The summed E-state index contributed by atoms with van der Waals surface area (Å²) in [4.78, 5) is 11.1. The second kappa shape index (κ2) is 6.55. The maximum absolute atomic E-state index is 11.5. The van der Waals surface area contributed by atoms with E-state index in [9.17, 15) is 10.1 Å². The van der Waals surface area contributed by atoms with E-state index in [0.29, 0.717) is 11.1 Å². The summed E-state index contributed by atoms with van der Waals surface area (Å²) in [7, 11) is 2.22. The highest BCUT2D eigenvalue weighted by atomic mass is 16.6. The zero-order valence-electron chi connectivity index (χ0n) is 14.7. The number of hydrogen-bond acceptors (Lipinski definition) is 4. The molecule has 1 aliphatic heterocycles. The fraction of sp³-hybridized carbons (Fsp3) is 0.300. The van der Waals surface area contributed by atoms with Crippen molar-refractivity contribution < 1.29 is 18.6 Å². The minimum Gasteiger partial charge on any atom is -0.400 e. The molecule has 6 heteroatoms. The lowest BCUT2D eigenvalue weighted by Crippen LogP contribution is -2.51. The standard InChI is InChI=1S/C20H21N2O4/c1-22(9-11-25-12-10-22)14-15-7-8-18-17(13-15)19(20(26-18)21(23)24)16-5-3-2-4-6-16/h2-8,13H,9-12,14H2,1H3/q+1. The average Bonchev–Trinajstić information content (AvgIpc) is 3.02. The Labute approximate surface area is 151 Å². The molecule has 6 nitrogen and oxygen atoms in total. The van der Waals surface area contributed by atoms with E-state index in [1.165, 1.54) is 0 Å². The largest absolute Gasteiger partial charge is 0.442 e. The fourth-order valence-electron chi connectivity index (χ4n) is 3.63. The summed E-state index contributed by atoms with van der Waals surface area (Å²) < 4.78 is 11.9. The molecule has 0 saturated carbocycles. The molecule has 1 aromatic heterocycles. The van der Waals surface area contributed by atoms with E-state index in [4.69, 9.17) is 9.15 Å². The zero-order valence-corrected chi connectivity index (χ0v) is 14.7. The van der Waals surface area contributed by atoms with Crippen molar-refractivity contribution in [2.24, 2.45) is 0 Å². The van der Waals surface area contributed by atoms with Gasteiger partial charge in [0.05, 0.1) is 20.3 Å². The van der Waals surface area contributed by atoms with Crippen LogP contribution in [0, 0.1) is 10.1 Å². The van der Waals surface area contributed by atoms with Crippen molar-refractivity contribution in [1.82, 2.24) is 0 Å². The highest BCUT2D eigenvalue weighted by molar-refractivity contribution is 5.98. The Kier molecular flexibility index (Phi) is 4.22. The minimum absolute atomic E-state index is 0.199. The van der Waals surface area contributed by atoms with Crippen molar-refractivity contribution in [1.29, 1.82) is 0 Å². The van der Waals surface area contributed by atoms with Crippen LogP contribution in [0.4, 0.5) is 5.88 Å². The van der Waals surface area contributed by atoms with Gasteiger partial charge in [-0.3, -0.25) is 10.1 Å². The van der Waals surface area contributed by atoms with E-state index >= 15 is 0 Å². The third-order valence-electron chi connectivity index (χ3n) is 5.08. The van der Waals surface area contributed by atoms with Crippen molar-refractivity contribution in [3.8, 4) is 11.1 Å². The molecule has 134 valence electrons. The molecule has 2 aromatic carbocycles. The topological polar surface area (TPSA) is 65.5 Å². The number of quaternary nitrogens is 1. The third-order valence-corrected chi connectivity index (χ3v) is 5.08. The molecule has 1 saturated heterocycles. The number of benzene rings is 2. The highest BCUT2D eigenvalue weighted by Gasteiger charge is 2.28. The van der Waals surface area contributed by atoms with Gasteiger partial charge in [0.15, 0.2) is 0 Å². The van der Waals surface area contributed by atoms with Gasteiger partial charge in [0.25, 0.3) is 0 Å². The van der Waals surface area contributed by atoms with Crippen LogP contribution in [-0.2, 0) is 11.3 Å². The number of nitrogens with zero attached hydrogens (tertiary/aromatic N) is 2. The van der Waals surface area contributed by atoms with E-state index < -0.39 is 4.92 Å². The van der Waals surface area contributed by atoms with Crippen LogP contribution in [-0.4, -0.2) is 42.8 Å². The normalized spacial score (nSPS) is 16.7. The van der Waals surface area contributed by atoms with Crippen LogP contribution in [0.25, 0.3) is 22.1 Å². The molecule has 3 aromatic rings. The summed E-state index contributed by atoms with van der Waals surface area (Å²) in [6.07, 6.45) is 0. The van der Waals surface area contributed by atoms with Gasteiger partial charge in [-0.15, -0.1) is 0 Å². The molecule has 1 fully saturated rings. The van der Waals surface area contributed by atoms with E-state index in [-0.39, 0.29) is 5.88 Å². The molecule has 0 amide bonds. The average molecular weight is 353 g/mol. The molecule has 0 N–H and O–H groups in total. The summed E-state index contributed by atoms with van der Waals surface area (Å²) in [6.45, 7) is 4.34. The van der Waals surface area contributed by atoms with E-state index in [2.05, 4.69) is 7.05 Å². The van der Waals surface area contributed by atoms with E-state index in [1.807, 2.05) is 48.5 Å². The summed E-state index contributed by atoms with van der Waals surface area (Å²) in [6, 6.07) is 15.3. The zero-order chi connectivity index (χ0) is 18.1. The van der Waals surface area contributed by atoms with Crippen molar-refractivity contribution in [3.05, 3.63) is 64.2 Å². The lowest BCUT2D eigenvalue weighted by atomic mass is 10.0. The fourth-order valence-corrected chi connectivity index (χ4v) is 3.63. The number of hydrogen-bond donors (Lipinski definition) is 0. The van der Waals surface area contributed by atoms with Crippen molar-refractivity contribution in [2.75, 3.05) is 33.4 Å². The van der Waals surface area contributed by atoms with E-state index in [1.54, 1.807) is 0 Å². The Balaban J connectivity index is 1.80. The molecule has 2 heterocycles. The molecule has 0 bridgehead atoms. The predicted octanol–water partition coefficient (Wildman–Crippen LogP) is 3.98. The summed E-state index contributed by atoms with van der Waals surface area (Å²) >= 11 is 0. The quantitative estimate of drug-likeness (QED) is 0.404. The molecule has 4 rings (SSSR count). The number of rotatable bonds is 4. The number of nitro groups is 1. The molecular weight excluding hydrogens is 332 g/mol. The maximum Gasteiger partial charge on any atom is 0.442 e. The van der Waals surface area contributed by atoms with Gasteiger partial charge in [-0.05, 0) is 23.8 Å². The van der Waals surface area contributed by atoms with Crippen LogP contribution in [0.15, 0.2) is 52.9 Å². The lowest BCUT2D eigenvalue weighted by molar-refractivity contribution is -0.929. The third kappa shape index (κ3) is 3.09. The van der Waals surface area contributed by atoms with Crippen LogP contribution in [0.5, 0.6) is 0 Å². The Morgan fingerprint density at radius 3 is 2.54 bits per heavy atom. The lowest BCUT2D eigenvalue weighted by Gasteiger charge is -2.37. The van der Waals surface area contributed by atoms with Crippen molar-refractivity contribution in [3.63, 3.8) is 0 Å². The first-order chi connectivity index (χ1) is 12.6. The number of furan rings is 1. The minimum atomic E-state index is -0.447. The smallest absolute Gasteiger partial charge is 0.400 e. The van der Waals surface area contributed by atoms with Crippen LogP contribution in [0.2, 0.25) is 0 Å². The molecule has 0 spiro atoms. The van der Waals surface area contributed by atoms with Gasteiger partial charge in [-0.1, -0.05) is 30.3 Å². The molecular formula is C20H21N2O4+. The van der Waals surface area contributed by atoms with Crippen LogP contribution in [0.3, 0.4) is 0 Å². The first-order valence-electron chi connectivity index (χ1n) is 8.72. The first kappa shape index (κ1) is 16.8. The maximum atomic E-state index is 11.5. The van der Waals surface area contributed by atoms with Crippen molar-refractivity contribution >= 4 is 16.9 Å². The summed E-state index contributed by atoms with van der Waals surface area (Å²) in [5.74, 6) is -0.199. The molecule has 0 unspecified atom stereocenters. The molecule has 0 atom stereocenters. The van der Waals surface area contributed by atoms with Crippen molar-refractivity contribution in [2.45, 2.75) is 6.54 Å². The monoisotopic (exact) mass is 353 g/mol. The van der Waals surface area contributed by atoms with Gasteiger partial charge in [0.1, 0.15) is 35.7 Å². The Morgan fingerprint density at radius 1 is 1.12 bits per heavy atom. The Morgan fingerprint density at radius 2 is 1.85 bits per heavy atom. The van der Waals surface area contributed by atoms with Gasteiger partial charge in [-0.25, -0.2) is 0 Å². The summed E-state index contributed by atoms with van der Waals surface area (Å²) in [5.41, 5.74) is 3.04. The molecule has 1 aliphatic rings. The second-order valence-electron chi connectivity index (χ2n) is 7.07. The van der Waals surface area contributed by atoms with Crippen LogP contribution in [0.1, 0.15) is 5.56 Å². The predicted molar refractivity (Wildman–Crippen MR) is 98.7 cm³/mol. The van der Waals surface area contributed by atoms with Crippen LogP contribution >= 0.6 is 0 Å². The van der Waals surface area contributed by atoms with Gasteiger partial charge < -0.3 is 13.6 Å². The SMILES string of the molecule is C[N+]1(Cc2ccc3oc([N+](=O)[O-])c(-c4ccccc4)c3c2)CCOCC1. The molecule has 0 aliphatic carbocycles. The molecule has 26 heavy (non-hydrogen) atoms. The van der Waals surface area contributed by atoms with Gasteiger partial charge in [0.2, 0.25) is 0 Å². The number of morpholine rings is 1. The number of fused-ring (bicyclic) bond motifs is 1. The Bertz CT molecular complexity index is 943. The highest BCUT2D eigenvalue weighted by Crippen LogP contribution is 2.40. The summed E-state index contributed by atoms with van der Waals surface area (Å²) in [5, 5.41) is 12.3. The molecule has 0 radical (unpaired) electrons. The number of likely N-dealkylation sites (N-methyl/N-ethyl adjacent to an activating group) is 1. The van der Waals surface area contributed by atoms with E-state index in [0.717, 1.165) is 53.8 Å². The van der Waals surface area contributed by atoms with Gasteiger partial charge in [0, 0.05) is 10.9 Å². The Hall–Kier alpha value is -2.70. The number of ether oxygens (including phenoxy) is 1. The van der Waals surface area contributed by atoms with Gasteiger partial charge in [-0.2, -0.15) is 0 Å². The first-order valence-corrected chi connectivity index (χ1v) is 8.72. The van der Waals surface area contributed by atoms with Crippen LogP contribution < -0.4 is 0 Å².